The molecule has 2 aromatic rings. The normalized spacial score (nSPS) is 23.1. The van der Waals surface area contributed by atoms with Gasteiger partial charge in [-0.25, -0.2) is 14.2 Å². The SMILES string of the molecule is C[C@@H]1[C@H](C)CCC[C@@H]1NC(=O)[C@@H](C)OC(=O)c1csc(-c2ccc(F)cc2)n1. The molecule has 1 N–H and O–H groups in total. The fraction of sp³-hybridized carbons (Fsp3) is 0.476. The molecule has 1 saturated carbocycles. The molecule has 0 aliphatic heterocycles. The Labute approximate surface area is 168 Å². The van der Waals surface area contributed by atoms with E-state index < -0.39 is 12.1 Å². The number of thiazole rings is 1. The maximum absolute atomic E-state index is 13.0. The number of carbonyl (C=O) groups is 2. The fourth-order valence-corrected chi connectivity index (χ4v) is 4.25. The highest BCUT2D eigenvalue weighted by Crippen LogP contribution is 2.29. The lowest BCUT2D eigenvalue weighted by Gasteiger charge is -2.35. The molecule has 1 aliphatic rings. The molecule has 4 atom stereocenters. The highest BCUT2D eigenvalue weighted by atomic mass is 32.1. The number of nitrogens with one attached hydrogen (secondary N) is 1. The van der Waals surface area contributed by atoms with E-state index >= 15 is 0 Å². The van der Waals surface area contributed by atoms with Gasteiger partial charge in [-0.15, -0.1) is 11.3 Å². The minimum Gasteiger partial charge on any atom is -0.448 e. The summed E-state index contributed by atoms with van der Waals surface area (Å²) in [5.41, 5.74) is 0.861. The van der Waals surface area contributed by atoms with Crippen molar-refractivity contribution in [3.63, 3.8) is 0 Å². The first-order chi connectivity index (χ1) is 13.3. The molecule has 1 heterocycles. The summed E-state index contributed by atoms with van der Waals surface area (Å²) < 4.78 is 18.3. The highest BCUT2D eigenvalue weighted by Gasteiger charge is 2.30. The summed E-state index contributed by atoms with van der Waals surface area (Å²) in [5.74, 6) is -0.290. The van der Waals surface area contributed by atoms with Gasteiger partial charge in [-0.2, -0.15) is 0 Å². The van der Waals surface area contributed by atoms with Crippen LogP contribution in [0.15, 0.2) is 29.6 Å². The second-order valence-corrected chi connectivity index (χ2v) is 8.33. The van der Waals surface area contributed by atoms with E-state index in [1.54, 1.807) is 24.4 Å². The van der Waals surface area contributed by atoms with Crippen molar-refractivity contribution < 1.29 is 18.7 Å². The molecule has 0 bridgehead atoms. The third kappa shape index (κ3) is 4.76. The molecule has 7 heteroatoms. The van der Waals surface area contributed by atoms with Crippen LogP contribution in [0.3, 0.4) is 0 Å². The van der Waals surface area contributed by atoms with Gasteiger partial charge in [0.15, 0.2) is 11.8 Å². The minimum atomic E-state index is -0.895. The maximum Gasteiger partial charge on any atom is 0.358 e. The summed E-state index contributed by atoms with van der Waals surface area (Å²) >= 11 is 1.27. The summed E-state index contributed by atoms with van der Waals surface area (Å²) in [6.45, 7) is 5.92. The quantitative estimate of drug-likeness (QED) is 0.749. The average molecular weight is 405 g/mol. The summed E-state index contributed by atoms with van der Waals surface area (Å²) in [5, 5.41) is 5.19. The molecule has 1 aromatic carbocycles. The van der Waals surface area contributed by atoms with Crippen molar-refractivity contribution in [1.82, 2.24) is 10.3 Å². The number of aromatic nitrogens is 1. The second kappa shape index (κ2) is 8.82. The summed E-state index contributed by atoms with van der Waals surface area (Å²) in [6, 6.07) is 6.00. The first-order valence-electron chi connectivity index (χ1n) is 9.58. The Morgan fingerprint density at radius 3 is 2.68 bits per heavy atom. The van der Waals surface area contributed by atoms with Crippen molar-refractivity contribution >= 4 is 23.2 Å². The highest BCUT2D eigenvalue weighted by molar-refractivity contribution is 7.13. The molecule has 1 amide bonds. The van der Waals surface area contributed by atoms with Crippen LogP contribution in [-0.4, -0.2) is 29.0 Å². The number of benzene rings is 1. The summed E-state index contributed by atoms with van der Waals surface area (Å²) in [6.07, 6.45) is 2.33. The molecule has 1 fully saturated rings. The molecular weight excluding hydrogens is 379 g/mol. The molecular formula is C21H25FN2O3S. The van der Waals surface area contributed by atoms with Gasteiger partial charge in [0.1, 0.15) is 10.8 Å². The lowest BCUT2D eigenvalue weighted by molar-refractivity contribution is -0.130. The van der Waals surface area contributed by atoms with E-state index in [1.165, 1.54) is 29.9 Å². The summed E-state index contributed by atoms with van der Waals surface area (Å²) in [4.78, 5) is 29.0. The van der Waals surface area contributed by atoms with Crippen LogP contribution in [0.4, 0.5) is 4.39 Å². The van der Waals surface area contributed by atoms with E-state index in [9.17, 15) is 14.0 Å². The zero-order valence-electron chi connectivity index (χ0n) is 16.3. The molecule has 28 heavy (non-hydrogen) atoms. The predicted octanol–water partition coefficient (Wildman–Crippen LogP) is 4.44. The van der Waals surface area contributed by atoms with Crippen LogP contribution < -0.4 is 5.32 Å². The predicted molar refractivity (Wildman–Crippen MR) is 106 cm³/mol. The third-order valence-electron chi connectivity index (χ3n) is 5.49. The van der Waals surface area contributed by atoms with Crippen LogP contribution in [0, 0.1) is 17.7 Å². The van der Waals surface area contributed by atoms with Gasteiger partial charge in [-0.1, -0.05) is 26.7 Å². The van der Waals surface area contributed by atoms with Gasteiger partial charge in [-0.05, 0) is 49.4 Å². The van der Waals surface area contributed by atoms with Gasteiger partial charge in [-0.3, -0.25) is 4.79 Å². The molecule has 150 valence electrons. The Kier molecular flexibility index (Phi) is 6.44. The molecule has 0 spiro atoms. The zero-order chi connectivity index (χ0) is 20.3. The van der Waals surface area contributed by atoms with Crippen molar-refractivity contribution in [2.75, 3.05) is 0 Å². The van der Waals surface area contributed by atoms with Gasteiger partial charge in [0.2, 0.25) is 0 Å². The Hall–Kier alpha value is -2.28. The Morgan fingerprint density at radius 2 is 1.96 bits per heavy atom. The van der Waals surface area contributed by atoms with Gasteiger partial charge >= 0.3 is 5.97 Å². The number of esters is 1. The molecule has 0 unspecified atom stereocenters. The van der Waals surface area contributed by atoms with Crippen LogP contribution in [0.1, 0.15) is 50.5 Å². The van der Waals surface area contributed by atoms with Crippen LogP contribution in [0.2, 0.25) is 0 Å². The number of rotatable bonds is 5. The van der Waals surface area contributed by atoms with Crippen LogP contribution in [-0.2, 0) is 9.53 Å². The number of carbonyl (C=O) groups excluding carboxylic acids is 2. The Balaban J connectivity index is 1.58. The first-order valence-corrected chi connectivity index (χ1v) is 10.5. The van der Waals surface area contributed by atoms with E-state index in [2.05, 4.69) is 24.1 Å². The van der Waals surface area contributed by atoms with Gasteiger partial charge < -0.3 is 10.1 Å². The molecule has 1 aliphatic carbocycles. The second-order valence-electron chi connectivity index (χ2n) is 7.47. The molecule has 0 saturated heterocycles. The van der Waals surface area contributed by atoms with Crippen LogP contribution in [0.5, 0.6) is 0 Å². The first kappa shape index (κ1) is 20.5. The smallest absolute Gasteiger partial charge is 0.358 e. The van der Waals surface area contributed by atoms with Crippen molar-refractivity contribution in [2.24, 2.45) is 11.8 Å². The number of halogens is 1. The number of amides is 1. The van der Waals surface area contributed by atoms with Crippen molar-refractivity contribution in [3.8, 4) is 10.6 Å². The standard InChI is InChI=1S/C21H25FN2O3S/c1-12-5-4-6-17(13(12)2)23-19(25)14(3)27-21(26)18-11-28-20(24-18)15-7-9-16(22)10-8-15/h7-14,17H,4-6H2,1-3H3,(H,23,25)/t12-,13-,14-,17+/m1/s1. The third-order valence-corrected chi connectivity index (χ3v) is 6.38. The average Bonchev–Trinajstić information content (AvgIpc) is 3.16. The fourth-order valence-electron chi connectivity index (χ4n) is 3.45. The number of hydrogen-bond donors (Lipinski definition) is 1. The Morgan fingerprint density at radius 1 is 1.25 bits per heavy atom. The minimum absolute atomic E-state index is 0.113. The largest absolute Gasteiger partial charge is 0.448 e. The zero-order valence-corrected chi connectivity index (χ0v) is 17.1. The number of nitrogens with zero attached hydrogens (tertiary/aromatic N) is 1. The van der Waals surface area contributed by atoms with Gasteiger partial charge in [0.25, 0.3) is 5.91 Å². The monoisotopic (exact) mass is 404 g/mol. The number of ether oxygens (including phenoxy) is 1. The van der Waals surface area contributed by atoms with Crippen molar-refractivity contribution in [1.29, 1.82) is 0 Å². The molecule has 3 rings (SSSR count). The van der Waals surface area contributed by atoms with Crippen molar-refractivity contribution in [3.05, 3.63) is 41.2 Å². The Bertz CT molecular complexity index is 836. The van der Waals surface area contributed by atoms with E-state index in [0.29, 0.717) is 16.8 Å². The maximum atomic E-state index is 13.0. The molecule has 5 nitrogen and oxygen atoms in total. The van der Waals surface area contributed by atoms with E-state index in [1.807, 2.05) is 0 Å². The van der Waals surface area contributed by atoms with Crippen LogP contribution in [0.25, 0.3) is 10.6 Å². The number of hydrogen-bond acceptors (Lipinski definition) is 5. The lowest BCUT2D eigenvalue weighted by atomic mass is 9.78. The van der Waals surface area contributed by atoms with Crippen LogP contribution >= 0.6 is 11.3 Å². The van der Waals surface area contributed by atoms with E-state index in [-0.39, 0.29) is 23.5 Å². The topological polar surface area (TPSA) is 68.3 Å². The van der Waals surface area contributed by atoms with Crippen molar-refractivity contribution in [2.45, 2.75) is 52.2 Å². The van der Waals surface area contributed by atoms with E-state index in [4.69, 9.17) is 4.74 Å². The van der Waals surface area contributed by atoms with Gasteiger partial charge in [0.05, 0.1) is 0 Å². The molecule has 1 aromatic heterocycles. The lowest BCUT2D eigenvalue weighted by Crippen LogP contribution is -2.47. The van der Waals surface area contributed by atoms with E-state index in [0.717, 1.165) is 18.4 Å². The summed E-state index contributed by atoms with van der Waals surface area (Å²) in [7, 11) is 0. The molecule has 0 radical (unpaired) electrons. The van der Waals surface area contributed by atoms with Gasteiger partial charge in [0, 0.05) is 17.0 Å².